The topological polar surface area (TPSA) is 77.2 Å². The maximum atomic E-state index is 12.3. The fourth-order valence-corrected chi connectivity index (χ4v) is 3.01. The van der Waals surface area contributed by atoms with E-state index in [0.717, 1.165) is 16.5 Å². The van der Waals surface area contributed by atoms with Crippen LogP contribution in [0.5, 0.6) is 0 Å². The third-order valence-corrected chi connectivity index (χ3v) is 4.60. The van der Waals surface area contributed by atoms with Crippen LogP contribution in [0.25, 0.3) is 10.1 Å². The SMILES string of the molecule is COCCC(C)(C)CNC(=O)c1sc2cnccc2c1N. The molecule has 2 heterocycles. The van der Waals surface area contributed by atoms with E-state index in [4.69, 9.17) is 10.5 Å². The van der Waals surface area contributed by atoms with Gasteiger partial charge in [0.2, 0.25) is 0 Å². The van der Waals surface area contributed by atoms with Gasteiger partial charge in [-0.05, 0) is 17.9 Å². The van der Waals surface area contributed by atoms with Crippen molar-refractivity contribution in [1.82, 2.24) is 10.3 Å². The van der Waals surface area contributed by atoms with E-state index < -0.39 is 0 Å². The highest BCUT2D eigenvalue weighted by molar-refractivity contribution is 7.21. The average Bonchev–Trinajstić information content (AvgIpc) is 2.81. The summed E-state index contributed by atoms with van der Waals surface area (Å²) in [6.07, 6.45) is 4.30. The maximum absolute atomic E-state index is 12.3. The summed E-state index contributed by atoms with van der Waals surface area (Å²) in [5.41, 5.74) is 6.58. The molecular formula is C15H21N3O2S. The van der Waals surface area contributed by atoms with E-state index in [9.17, 15) is 4.79 Å². The van der Waals surface area contributed by atoms with E-state index in [1.165, 1.54) is 11.3 Å². The molecule has 2 aromatic rings. The minimum absolute atomic E-state index is 0.0152. The number of carbonyl (C=O) groups is 1. The number of anilines is 1. The molecule has 0 bridgehead atoms. The number of hydrogen-bond acceptors (Lipinski definition) is 5. The molecule has 0 aliphatic heterocycles. The van der Waals surface area contributed by atoms with Gasteiger partial charge >= 0.3 is 0 Å². The monoisotopic (exact) mass is 307 g/mol. The summed E-state index contributed by atoms with van der Waals surface area (Å²) >= 11 is 1.38. The number of ether oxygens (including phenoxy) is 1. The van der Waals surface area contributed by atoms with Crippen molar-refractivity contribution in [2.24, 2.45) is 5.41 Å². The fourth-order valence-electron chi connectivity index (χ4n) is 2.01. The molecule has 0 radical (unpaired) electrons. The van der Waals surface area contributed by atoms with Gasteiger partial charge in [-0.1, -0.05) is 13.8 Å². The van der Waals surface area contributed by atoms with Gasteiger partial charge < -0.3 is 15.8 Å². The number of nitrogens with zero attached hydrogens (tertiary/aromatic N) is 1. The number of pyridine rings is 1. The number of fused-ring (bicyclic) bond motifs is 1. The third kappa shape index (κ3) is 3.71. The summed E-state index contributed by atoms with van der Waals surface area (Å²) in [6.45, 7) is 5.47. The predicted octanol–water partition coefficient (Wildman–Crippen LogP) is 2.67. The number of nitrogens with one attached hydrogen (secondary N) is 1. The molecule has 0 aliphatic rings. The van der Waals surface area contributed by atoms with Crippen molar-refractivity contribution in [1.29, 1.82) is 0 Å². The molecule has 0 fully saturated rings. The molecule has 21 heavy (non-hydrogen) atoms. The van der Waals surface area contributed by atoms with Gasteiger partial charge in [-0.25, -0.2) is 0 Å². The Morgan fingerprint density at radius 2 is 2.29 bits per heavy atom. The largest absolute Gasteiger partial charge is 0.397 e. The molecular weight excluding hydrogens is 286 g/mol. The van der Waals surface area contributed by atoms with Crippen molar-refractivity contribution >= 4 is 33.0 Å². The Balaban J connectivity index is 2.07. The van der Waals surface area contributed by atoms with Crippen LogP contribution in [-0.4, -0.2) is 31.2 Å². The Kier molecular flexibility index (Phi) is 4.80. The first-order valence-electron chi connectivity index (χ1n) is 6.84. The lowest BCUT2D eigenvalue weighted by molar-refractivity contribution is 0.0926. The van der Waals surface area contributed by atoms with Crippen molar-refractivity contribution < 1.29 is 9.53 Å². The number of nitrogen functional groups attached to an aromatic ring is 1. The molecule has 0 saturated carbocycles. The number of hydrogen-bond donors (Lipinski definition) is 2. The first kappa shape index (κ1) is 15.7. The third-order valence-electron chi connectivity index (χ3n) is 3.45. The first-order valence-corrected chi connectivity index (χ1v) is 7.65. The van der Waals surface area contributed by atoms with Crippen LogP contribution in [0.3, 0.4) is 0 Å². The van der Waals surface area contributed by atoms with Gasteiger partial charge in [0.15, 0.2) is 0 Å². The standard InChI is InChI=1S/C15H21N3O2S/c1-15(2,5-7-20-3)9-18-14(19)13-12(16)10-4-6-17-8-11(10)21-13/h4,6,8H,5,7,9,16H2,1-3H3,(H,18,19). The van der Waals surface area contributed by atoms with E-state index in [-0.39, 0.29) is 11.3 Å². The Morgan fingerprint density at radius 1 is 1.52 bits per heavy atom. The van der Waals surface area contributed by atoms with Gasteiger partial charge in [0.05, 0.1) is 10.4 Å². The first-order chi connectivity index (χ1) is 9.94. The molecule has 114 valence electrons. The Hall–Kier alpha value is -1.66. The number of rotatable bonds is 6. The second-order valence-corrected chi connectivity index (χ2v) is 6.86. The van der Waals surface area contributed by atoms with Crippen molar-refractivity contribution in [3.05, 3.63) is 23.3 Å². The van der Waals surface area contributed by atoms with E-state index in [1.54, 1.807) is 19.5 Å². The molecule has 2 aromatic heterocycles. The Morgan fingerprint density at radius 3 is 2.95 bits per heavy atom. The highest BCUT2D eigenvalue weighted by Crippen LogP contribution is 2.32. The maximum Gasteiger partial charge on any atom is 0.263 e. The normalized spacial score (nSPS) is 11.8. The lowest BCUT2D eigenvalue weighted by Gasteiger charge is -2.24. The van der Waals surface area contributed by atoms with Gasteiger partial charge in [-0.3, -0.25) is 9.78 Å². The summed E-state index contributed by atoms with van der Waals surface area (Å²) in [7, 11) is 1.68. The van der Waals surface area contributed by atoms with E-state index >= 15 is 0 Å². The quantitative estimate of drug-likeness (QED) is 0.860. The fraction of sp³-hybridized carbons (Fsp3) is 0.467. The van der Waals surface area contributed by atoms with Crippen molar-refractivity contribution in [2.45, 2.75) is 20.3 Å². The van der Waals surface area contributed by atoms with Crippen LogP contribution in [0.4, 0.5) is 5.69 Å². The number of thiophene rings is 1. The van der Waals surface area contributed by atoms with Gasteiger partial charge in [-0.15, -0.1) is 11.3 Å². The highest BCUT2D eigenvalue weighted by Gasteiger charge is 2.21. The van der Waals surface area contributed by atoms with E-state index in [1.807, 2.05) is 6.07 Å². The molecule has 0 spiro atoms. The van der Waals surface area contributed by atoms with Crippen molar-refractivity contribution in [2.75, 3.05) is 26.0 Å². The van der Waals surface area contributed by atoms with Gasteiger partial charge in [0, 0.05) is 38.0 Å². The zero-order valence-electron chi connectivity index (χ0n) is 12.6. The molecule has 6 heteroatoms. The zero-order valence-corrected chi connectivity index (χ0v) is 13.4. The molecule has 0 saturated heterocycles. The van der Waals surface area contributed by atoms with Crippen molar-refractivity contribution in [3.8, 4) is 0 Å². The molecule has 5 nitrogen and oxygen atoms in total. The number of aromatic nitrogens is 1. The Bertz CT molecular complexity index is 637. The lowest BCUT2D eigenvalue weighted by Crippen LogP contribution is -2.34. The summed E-state index contributed by atoms with van der Waals surface area (Å²) in [4.78, 5) is 16.9. The molecule has 0 unspecified atom stereocenters. The van der Waals surface area contributed by atoms with Gasteiger partial charge in [0.1, 0.15) is 4.88 Å². The van der Waals surface area contributed by atoms with Gasteiger partial charge in [0.25, 0.3) is 5.91 Å². The molecule has 0 atom stereocenters. The smallest absolute Gasteiger partial charge is 0.263 e. The van der Waals surface area contributed by atoms with Crippen LogP contribution in [0.2, 0.25) is 0 Å². The summed E-state index contributed by atoms with van der Waals surface area (Å²) in [5, 5.41) is 3.85. The number of methoxy groups -OCH3 is 1. The zero-order chi connectivity index (χ0) is 15.5. The molecule has 0 aromatic carbocycles. The molecule has 0 aliphatic carbocycles. The molecule has 1 amide bonds. The summed E-state index contributed by atoms with van der Waals surface area (Å²) < 4.78 is 6.02. The molecule has 2 rings (SSSR count). The Labute approximate surface area is 128 Å². The second-order valence-electron chi connectivity index (χ2n) is 5.81. The van der Waals surface area contributed by atoms with Crippen LogP contribution < -0.4 is 11.1 Å². The van der Waals surface area contributed by atoms with Crippen molar-refractivity contribution in [3.63, 3.8) is 0 Å². The van der Waals surface area contributed by atoms with Crippen LogP contribution in [0.15, 0.2) is 18.5 Å². The average molecular weight is 307 g/mol. The number of carbonyl (C=O) groups excluding carboxylic acids is 1. The summed E-state index contributed by atoms with van der Waals surface area (Å²) in [5.74, 6) is -0.126. The second kappa shape index (κ2) is 6.41. The van der Waals surface area contributed by atoms with E-state index in [0.29, 0.717) is 23.7 Å². The summed E-state index contributed by atoms with van der Waals surface area (Å²) in [6, 6.07) is 1.83. The minimum Gasteiger partial charge on any atom is -0.397 e. The van der Waals surface area contributed by atoms with Gasteiger partial charge in [-0.2, -0.15) is 0 Å². The highest BCUT2D eigenvalue weighted by atomic mass is 32.1. The van der Waals surface area contributed by atoms with E-state index in [2.05, 4.69) is 24.1 Å². The lowest BCUT2D eigenvalue weighted by atomic mass is 9.90. The number of amides is 1. The minimum atomic E-state index is -0.126. The molecule has 3 N–H and O–H groups in total. The predicted molar refractivity (Wildman–Crippen MR) is 86.6 cm³/mol. The van der Waals surface area contributed by atoms with Crippen LogP contribution in [0.1, 0.15) is 29.9 Å². The van der Waals surface area contributed by atoms with Crippen LogP contribution in [0, 0.1) is 5.41 Å². The number of nitrogens with two attached hydrogens (primary N) is 1. The van der Waals surface area contributed by atoms with Crippen LogP contribution >= 0.6 is 11.3 Å². The van der Waals surface area contributed by atoms with Crippen LogP contribution in [-0.2, 0) is 4.74 Å².